The smallest absolute Gasteiger partial charge is 0.316 e. The first-order chi connectivity index (χ1) is 9.21. The summed E-state index contributed by atoms with van der Waals surface area (Å²) in [6.45, 7) is 0.584. The number of ether oxygens (including phenoxy) is 1. The van der Waals surface area contributed by atoms with Crippen LogP contribution in [0.15, 0.2) is 24.3 Å². The van der Waals surface area contributed by atoms with Crippen LogP contribution in [0.25, 0.3) is 0 Å². The molecule has 0 unspecified atom stereocenters. The van der Waals surface area contributed by atoms with E-state index in [1.807, 2.05) is 24.3 Å². The number of anilines is 1. The van der Waals surface area contributed by atoms with Crippen LogP contribution in [0.1, 0.15) is 44.1 Å². The largest absolute Gasteiger partial charge is 0.465 e. The van der Waals surface area contributed by atoms with Gasteiger partial charge in [-0.3, -0.25) is 4.79 Å². The second-order valence-corrected chi connectivity index (χ2v) is 5.93. The highest BCUT2D eigenvalue weighted by molar-refractivity contribution is 5.86. The first-order valence-corrected chi connectivity index (χ1v) is 7.24. The molecule has 19 heavy (non-hydrogen) atoms. The summed E-state index contributed by atoms with van der Waals surface area (Å²) in [7, 11) is 0. The Morgan fingerprint density at radius 3 is 2.47 bits per heavy atom. The molecule has 0 aliphatic heterocycles. The Labute approximate surface area is 114 Å². The summed E-state index contributed by atoms with van der Waals surface area (Å²) in [5, 5.41) is 0. The van der Waals surface area contributed by atoms with Crippen molar-refractivity contribution in [2.24, 2.45) is 5.92 Å². The van der Waals surface area contributed by atoms with Gasteiger partial charge in [-0.2, -0.15) is 0 Å². The van der Waals surface area contributed by atoms with Crippen molar-refractivity contribution in [3.63, 3.8) is 0 Å². The minimum absolute atomic E-state index is 0.0448. The van der Waals surface area contributed by atoms with Crippen molar-refractivity contribution in [1.29, 1.82) is 0 Å². The molecule has 2 aliphatic rings. The van der Waals surface area contributed by atoms with E-state index in [-0.39, 0.29) is 11.4 Å². The molecule has 0 heterocycles. The van der Waals surface area contributed by atoms with Crippen LogP contribution in [0.2, 0.25) is 0 Å². The van der Waals surface area contributed by atoms with Crippen LogP contribution in [0.3, 0.4) is 0 Å². The summed E-state index contributed by atoms with van der Waals surface area (Å²) < 4.78 is 5.49. The first kappa shape index (κ1) is 12.5. The van der Waals surface area contributed by atoms with Crippen molar-refractivity contribution in [3.05, 3.63) is 29.8 Å². The van der Waals surface area contributed by atoms with E-state index in [4.69, 9.17) is 10.5 Å². The van der Waals surface area contributed by atoms with Crippen LogP contribution in [-0.4, -0.2) is 12.6 Å². The number of hydrogen-bond acceptors (Lipinski definition) is 3. The van der Waals surface area contributed by atoms with Gasteiger partial charge in [0.25, 0.3) is 0 Å². The Hall–Kier alpha value is -1.51. The highest BCUT2D eigenvalue weighted by Gasteiger charge is 2.52. The zero-order valence-electron chi connectivity index (χ0n) is 11.2. The van der Waals surface area contributed by atoms with Crippen molar-refractivity contribution in [2.75, 3.05) is 12.3 Å². The second-order valence-electron chi connectivity index (χ2n) is 5.93. The molecule has 0 saturated heterocycles. The van der Waals surface area contributed by atoms with E-state index in [0.717, 1.165) is 36.4 Å². The molecule has 0 amide bonds. The van der Waals surface area contributed by atoms with Crippen LogP contribution in [0, 0.1) is 5.92 Å². The van der Waals surface area contributed by atoms with Crippen LogP contribution >= 0.6 is 0 Å². The van der Waals surface area contributed by atoms with Crippen molar-refractivity contribution in [3.8, 4) is 0 Å². The predicted octanol–water partition coefficient (Wildman–Crippen LogP) is 3.03. The van der Waals surface area contributed by atoms with Gasteiger partial charge in [0.1, 0.15) is 0 Å². The number of carbonyl (C=O) groups excluding carboxylic acids is 1. The maximum Gasteiger partial charge on any atom is 0.316 e. The zero-order chi connectivity index (χ0) is 13.3. The number of carbonyl (C=O) groups is 1. The van der Waals surface area contributed by atoms with Gasteiger partial charge in [-0.05, 0) is 42.9 Å². The van der Waals surface area contributed by atoms with E-state index in [1.165, 1.54) is 19.3 Å². The molecule has 3 rings (SSSR count). The summed E-state index contributed by atoms with van der Waals surface area (Å²) in [6, 6.07) is 7.62. The highest BCUT2D eigenvalue weighted by Crippen LogP contribution is 2.49. The second kappa shape index (κ2) is 4.87. The van der Waals surface area contributed by atoms with Crippen LogP contribution in [0.4, 0.5) is 5.69 Å². The van der Waals surface area contributed by atoms with Gasteiger partial charge >= 0.3 is 5.97 Å². The van der Waals surface area contributed by atoms with Gasteiger partial charge in [0.2, 0.25) is 0 Å². The van der Waals surface area contributed by atoms with E-state index in [1.54, 1.807) is 0 Å². The fourth-order valence-corrected chi connectivity index (χ4v) is 2.78. The molecule has 1 aromatic rings. The standard InChI is InChI=1S/C16H21NO2/c17-14-6-4-13(5-7-14)16(9-10-16)15(18)19-11-8-12-2-1-3-12/h4-7,12H,1-3,8-11,17H2. The maximum absolute atomic E-state index is 12.2. The molecule has 2 fully saturated rings. The molecule has 0 aromatic heterocycles. The van der Waals surface area contributed by atoms with Gasteiger partial charge in [0, 0.05) is 5.69 Å². The molecule has 0 radical (unpaired) electrons. The minimum Gasteiger partial charge on any atom is -0.465 e. The van der Waals surface area contributed by atoms with Crippen molar-refractivity contribution < 1.29 is 9.53 Å². The monoisotopic (exact) mass is 259 g/mol. The molecule has 0 atom stereocenters. The third-order valence-electron chi connectivity index (χ3n) is 4.59. The number of benzene rings is 1. The molecule has 102 valence electrons. The summed E-state index contributed by atoms with van der Waals surface area (Å²) >= 11 is 0. The molecule has 3 nitrogen and oxygen atoms in total. The fraction of sp³-hybridized carbons (Fsp3) is 0.562. The van der Waals surface area contributed by atoms with E-state index in [9.17, 15) is 4.79 Å². The third kappa shape index (κ3) is 2.46. The SMILES string of the molecule is Nc1ccc(C2(C(=O)OCCC3CCC3)CC2)cc1. The Balaban J connectivity index is 1.57. The molecular weight excluding hydrogens is 238 g/mol. The average molecular weight is 259 g/mol. The van der Waals surface area contributed by atoms with Gasteiger partial charge in [0.05, 0.1) is 12.0 Å². The topological polar surface area (TPSA) is 52.3 Å². The number of nitrogens with two attached hydrogens (primary N) is 1. The quantitative estimate of drug-likeness (QED) is 0.653. The van der Waals surface area contributed by atoms with E-state index in [0.29, 0.717) is 6.61 Å². The van der Waals surface area contributed by atoms with Gasteiger partial charge in [-0.15, -0.1) is 0 Å². The van der Waals surface area contributed by atoms with Crippen LogP contribution in [-0.2, 0) is 14.9 Å². The molecule has 0 bridgehead atoms. The molecule has 3 heteroatoms. The minimum atomic E-state index is -0.368. The molecule has 2 saturated carbocycles. The summed E-state index contributed by atoms with van der Waals surface area (Å²) in [4.78, 5) is 12.2. The van der Waals surface area contributed by atoms with Gasteiger partial charge in [0.15, 0.2) is 0 Å². The summed E-state index contributed by atoms with van der Waals surface area (Å²) in [6.07, 6.45) is 6.79. The van der Waals surface area contributed by atoms with E-state index < -0.39 is 0 Å². The molecular formula is C16H21NO2. The van der Waals surface area contributed by atoms with Crippen molar-refractivity contribution in [2.45, 2.75) is 43.9 Å². The zero-order valence-corrected chi connectivity index (χ0v) is 11.2. The third-order valence-corrected chi connectivity index (χ3v) is 4.59. The summed E-state index contributed by atoms with van der Waals surface area (Å²) in [5.74, 6) is 0.746. The molecule has 1 aromatic carbocycles. The van der Waals surface area contributed by atoms with Crippen LogP contribution in [0.5, 0.6) is 0 Å². The lowest BCUT2D eigenvalue weighted by molar-refractivity contribution is -0.147. The lowest BCUT2D eigenvalue weighted by atomic mass is 9.83. The fourth-order valence-electron chi connectivity index (χ4n) is 2.78. The average Bonchev–Trinajstić information content (AvgIpc) is 3.14. The Morgan fingerprint density at radius 2 is 1.95 bits per heavy atom. The maximum atomic E-state index is 12.2. The van der Waals surface area contributed by atoms with E-state index in [2.05, 4.69) is 0 Å². The van der Waals surface area contributed by atoms with E-state index >= 15 is 0 Å². The molecule has 2 aliphatic carbocycles. The number of esters is 1. The lowest BCUT2D eigenvalue weighted by Crippen LogP contribution is -2.25. The lowest BCUT2D eigenvalue weighted by Gasteiger charge is -2.25. The number of hydrogen-bond donors (Lipinski definition) is 1. The van der Waals surface area contributed by atoms with Gasteiger partial charge in [-0.1, -0.05) is 31.4 Å². The predicted molar refractivity (Wildman–Crippen MR) is 74.7 cm³/mol. The van der Waals surface area contributed by atoms with Crippen molar-refractivity contribution >= 4 is 11.7 Å². The number of rotatable bonds is 5. The van der Waals surface area contributed by atoms with Crippen molar-refractivity contribution in [1.82, 2.24) is 0 Å². The number of nitrogen functional groups attached to an aromatic ring is 1. The molecule has 0 spiro atoms. The van der Waals surface area contributed by atoms with Crippen LogP contribution < -0.4 is 5.73 Å². The Bertz CT molecular complexity index is 458. The normalized spacial score (nSPS) is 20.6. The van der Waals surface area contributed by atoms with Gasteiger partial charge < -0.3 is 10.5 Å². The first-order valence-electron chi connectivity index (χ1n) is 7.24. The highest BCUT2D eigenvalue weighted by atomic mass is 16.5. The summed E-state index contributed by atoms with van der Waals surface area (Å²) in [5.41, 5.74) is 7.10. The van der Waals surface area contributed by atoms with Gasteiger partial charge in [-0.25, -0.2) is 0 Å². The molecule has 2 N–H and O–H groups in total. The Kier molecular flexibility index (Phi) is 3.21. The Morgan fingerprint density at radius 1 is 1.26 bits per heavy atom.